The molecule has 0 aliphatic carbocycles. The highest BCUT2D eigenvalue weighted by atomic mass is 14.3. The third-order valence-corrected chi connectivity index (χ3v) is 12.6. The summed E-state index contributed by atoms with van der Waals surface area (Å²) in [5.74, 6) is 0. The molecule has 0 radical (unpaired) electrons. The Labute approximate surface area is 354 Å². The molecule has 0 spiro atoms. The second-order valence-corrected chi connectivity index (χ2v) is 18.4. The van der Waals surface area contributed by atoms with Crippen LogP contribution >= 0.6 is 0 Å². The van der Waals surface area contributed by atoms with Gasteiger partial charge in [-0.15, -0.1) is 0 Å². The first-order chi connectivity index (χ1) is 29.1. The molecule has 0 heteroatoms. The van der Waals surface area contributed by atoms with Gasteiger partial charge in [-0.25, -0.2) is 0 Å². The molecule has 10 aromatic rings. The minimum absolute atomic E-state index is 0.0918. The summed E-state index contributed by atoms with van der Waals surface area (Å²) < 4.78 is 0. The van der Waals surface area contributed by atoms with E-state index in [0.29, 0.717) is 0 Å². The maximum atomic E-state index is 2.34. The Balaban J connectivity index is 1.26. The molecule has 0 fully saturated rings. The molecule has 10 rings (SSSR count). The molecule has 0 N–H and O–H groups in total. The van der Waals surface area contributed by atoms with E-state index in [0.717, 1.165) is 0 Å². The Bertz CT molecular complexity index is 2900. The molecular weight excluding hydrogens is 721 g/mol. The topological polar surface area (TPSA) is 0 Å². The van der Waals surface area contributed by atoms with E-state index < -0.39 is 0 Å². The first-order valence-corrected chi connectivity index (χ1v) is 21.4. The van der Waals surface area contributed by atoms with Crippen molar-refractivity contribution in [2.24, 2.45) is 0 Å². The van der Waals surface area contributed by atoms with Crippen molar-refractivity contribution in [1.82, 2.24) is 0 Å². The zero-order valence-corrected chi connectivity index (χ0v) is 35.5. The maximum Gasteiger partial charge on any atom is -0.00139 e. The highest BCUT2D eigenvalue weighted by molar-refractivity contribution is 6.30. The molecule has 0 aliphatic heterocycles. The number of fused-ring (bicyclic) bond motifs is 4. The van der Waals surface area contributed by atoms with E-state index in [2.05, 4.69) is 236 Å². The Kier molecular flexibility index (Phi) is 9.07. The quantitative estimate of drug-likeness (QED) is 0.153. The molecule has 0 nitrogen and oxygen atoms in total. The molecule has 0 amide bonds. The van der Waals surface area contributed by atoms with Gasteiger partial charge >= 0.3 is 0 Å². The lowest BCUT2D eigenvalue weighted by Crippen LogP contribution is -2.10. The molecule has 0 aliphatic rings. The third kappa shape index (κ3) is 6.30. The van der Waals surface area contributed by atoms with Gasteiger partial charge in [-0.05, 0) is 121 Å². The van der Waals surface area contributed by atoms with Crippen LogP contribution in [0.25, 0.3) is 98.7 Å². The monoisotopic (exact) mass is 770 g/mol. The molecule has 0 saturated carbocycles. The van der Waals surface area contributed by atoms with Gasteiger partial charge in [-0.1, -0.05) is 236 Å². The summed E-state index contributed by atoms with van der Waals surface area (Å²) >= 11 is 0. The molecule has 0 heterocycles. The van der Waals surface area contributed by atoms with Gasteiger partial charge in [-0.2, -0.15) is 0 Å². The van der Waals surface area contributed by atoms with E-state index in [-0.39, 0.29) is 10.8 Å². The van der Waals surface area contributed by atoms with Crippen LogP contribution in [0, 0.1) is 0 Å². The maximum absolute atomic E-state index is 2.34. The Morgan fingerprint density at radius 2 is 0.433 bits per heavy atom. The minimum Gasteiger partial charge on any atom is -0.0616 e. The van der Waals surface area contributed by atoms with Crippen molar-refractivity contribution in [2.75, 3.05) is 0 Å². The van der Waals surface area contributed by atoms with E-state index >= 15 is 0 Å². The average Bonchev–Trinajstić information content (AvgIpc) is 3.27. The predicted octanol–water partition coefficient (Wildman–Crippen LogP) is 17.2. The van der Waals surface area contributed by atoms with E-state index in [1.54, 1.807) is 0 Å². The van der Waals surface area contributed by atoms with Gasteiger partial charge in [0.25, 0.3) is 0 Å². The van der Waals surface area contributed by atoms with Crippen LogP contribution in [0.5, 0.6) is 0 Å². The van der Waals surface area contributed by atoms with Crippen molar-refractivity contribution in [3.8, 4) is 55.6 Å². The third-order valence-electron chi connectivity index (χ3n) is 12.6. The molecule has 290 valence electrons. The van der Waals surface area contributed by atoms with E-state index in [1.807, 2.05) is 0 Å². The van der Waals surface area contributed by atoms with Crippen LogP contribution < -0.4 is 0 Å². The summed E-state index contributed by atoms with van der Waals surface area (Å²) in [6.45, 7) is 13.7. The Hall–Kier alpha value is -6.76. The normalized spacial score (nSPS) is 12.2. The number of benzene rings is 10. The van der Waals surface area contributed by atoms with E-state index in [1.165, 1.54) is 110 Å². The van der Waals surface area contributed by atoms with E-state index in [4.69, 9.17) is 0 Å². The van der Waals surface area contributed by atoms with Crippen molar-refractivity contribution in [2.45, 2.75) is 52.4 Å². The summed E-state index contributed by atoms with van der Waals surface area (Å²) in [6, 6.07) is 72.7. The summed E-state index contributed by atoms with van der Waals surface area (Å²) in [7, 11) is 0. The summed E-state index contributed by atoms with van der Waals surface area (Å²) in [4.78, 5) is 0. The molecule has 0 bridgehead atoms. The second kappa shape index (κ2) is 14.5. The van der Waals surface area contributed by atoms with Crippen LogP contribution in [0.3, 0.4) is 0 Å². The van der Waals surface area contributed by atoms with Crippen molar-refractivity contribution in [1.29, 1.82) is 0 Å². The summed E-state index contributed by atoms with van der Waals surface area (Å²) in [5.41, 5.74) is 15.4. The standard InChI is InChI=1S/C60H50/c1-59(2,3)41-35-31-39(32-36-41)43-19-7-9-21-45(43)55-47-23-11-15-27-51(47)57(52-28-16-12-24-48(52)55)58-53-29-17-13-25-49(53)56(50-26-14-18-30-54(50)58)46-22-10-8-20-44(46)40-33-37-42(38-34-40)60(4,5)6/h7-38H,1-6H3. The lowest BCUT2D eigenvalue weighted by atomic mass is 9.79. The molecular formula is C60H50. The largest absolute Gasteiger partial charge is 0.0616 e. The van der Waals surface area contributed by atoms with Crippen LogP contribution in [0.4, 0.5) is 0 Å². The zero-order chi connectivity index (χ0) is 41.2. The lowest BCUT2D eigenvalue weighted by molar-refractivity contribution is 0.590. The number of hydrogen-bond donors (Lipinski definition) is 0. The van der Waals surface area contributed by atoms with Crippen molar-refractivity contribution in [3.05, 3.63) is 205 Å². The average molecular weight is 771 g/mol. The summed E-state index contributed by atoms with van der Waals surface area (Å²) in [5, 5.41) is 10.0. The fourth-order valence-electron chi connectivity index (χ4n) is 9.58. The minimum atomic E-state index is 0.0918. The Morgan fingerprint density at radius 1 is 0.217 bits per heavy atom. The van der Waals surface area contributed by atoms with Gasteiger partial charge in [0, 0.05) is 0 Å². The fraction of sp³-hybridized carbons (Fsp3) is 0.133. The molecule has 60 heavy (non-hydrogen) atoms. The van der Waals surface area contributed by atoms with Crippen molar-refractivity contribution in [3.63, 3.8) is 0 Å². The van der Waals surface area contributed by atoms with Crippen LogP contribution in [0.2, 0.25) is 0 Å². The molecule has 0 saturated heterocycles. The van der Waals surface area contributed by atoms with Gasteiger partial charge < -0.3 is 0 Å². The highest BCUT2D eigenvalue weighted by Gasteiger charge is 2.24. The van der Waals surface area contributed by atoms with Gasteiger partial charge in [-0.3, -0.25) is 0 Å². The van der Waals surface area contributed by atoms with Gasteiger partial charge in [0.15, 0.2) is 0 Å². The smallest absolute Gasteiger partial charge is 0.00139 e. The Morgan fingerprint density at radius 3 is 0.683 bits per heavy atom. The van der Waals surface area contributed by atoms with Gasteiger partial charge in [0.2, 0.25) is 0 Å². The molecule has 0 unspecified atom stereocenters. The van der Waals surface area contributed by atoms with Gasteiger partial charge in [0.1, 0.15) is 0 Å². The first-order valence-electron chi connectivity index (χ1n) is 21.4. The van der Waals surface area contributed by atoms with Crippen molar-refractivity contribution < 1.29 is 0 Å². The molecule has 0 aromatic heterocycles. The van der Waals surface area contributed by atoms with Crippen LogP contribution in [-0.2, 0) is 10.8 Å². The van der Waals surface area contributed by atoms with Crippen molar-refractivity contribution >= 4 is 43.1 Å². The fourth-order valence-corrected chi connectivity index (χ4v) is 9.58. The second-order valence-electron chi connectivity index (χ2n) is 18.4. The highest BCUT2D eigenvalue weighted by Crippen LogP contribution is 2.51. The number of rotatable bonds is 5. The van der Waals surface area contributed by atoms with Crippen LogP contribution in [0.15, 0.2) is 194 Å². The number of hydrogen-bond acceptors (Lipinski definition) is 0. The van der Waals surface area contributed by atoms with Crippen LogP contribution in [0.1, 0.15) is 52.7 Å². The van der Waals surface area contributed by atoms with Crippen LogP contribution in [-0.4, -0.2) is 0 Å². The van der Waals surface area contributed by atoms with E-state index in [9.17, 15) is 0 Å². The molecule has 10 aromatic carbocycles. The first kappa shape index (κ1) is 37.5. The molecule has 0 atom stereocenters. The predicted molar refractivity (Wildman–Crippen MR) is 261 cm³/mol. The summed E-state index contributed by atoms with van der Waals surface area (Å²) in [6.07, 6.45) is 0. The SMILES string of the molecule is CC(C)(C)c1ccc(-c2ccccc2-c2c3ccccc3c(-c3c4ccccc4c(-c4ccccc4-c4ccc(C(C)(C)C)cc4)c4ccccc34)c3ccccc23)cc1. The van der Waals surface area contributed by atoms with Gasteiger partial charge in [0.05, 0.1) is 0 Å². The zero-order valence-electron chi connectivity index (χ0n) is 35.5. The lowest BCUT2D eigenvalue weighted by Gasteiger charge is -2.24.